The van der Waals surface area contributed by atoms with Gasteiger partial charge in [0, 0.05) is 11.0 Å². The molecule has 5 aromatic carbocycles. The van der Waals surface area contributed by atoms with Crippen molar-refractivity contribution in [3.05, 3.63) is 84.4 Å². The van der Waals surface area contributed by atoms with Gasteiger partial charge in [-0.2, -0.15) is 0 Å². The molecule has 1 aliphatic carbocycles. The van der Waals surface area contributed by atoms with Gasteiger partial charge in [0.05, 0.1) is 0 Å². The minimum atomic E-state index is 0.0325. The van der Waals surface area contributed by atoms with Crippen molar-refractivity contribution >= 4 is 43.1 Å². The van der Waals surface area contributed by atoms with Gasteiger partial charge in [-0.05, 0) is 116 Å². The van der Waals surface area contributed by atoms with E-state index < -0.39 is 0 Å². The first-order valence-electron chi connectivity index (χ1n) is 17.7. The Kier molecular flexibility index (Phi) is 9.33. The normalized spacial score (nSPS) is 14.9. The van der Waals surface area contributed by atoms with Crippen LogP contribution >= 0.6 is 0 Å². The summed E-state index contributed by atoms with van der Waals surface area (Å²) < 4.78 is 0. The third-order valence-electron chi connectivity index (χ3n) is 11.2. The van der Waals surface area contributed by atoms with Gasteiger partial charge in [-0.1, -0.05) is 141 Å². The van der Waals surface area contributed by atoms with Crippen molar-refractivity contribution in [3.63, 3.8) is 0 Å². The fourth-order valence-electron chi connectivity index (χ4n) is 8.51. The highest BCUT2D eigenvalue weighted by molar-refractivity contribution is 6.08. The molecular weight excluding hydrogens is 528 g/mol. The van der Waals surface area contributed by atoms with Crippen LogP contribution in [0.15, 0.2) is 78.9 Å². The van der Waals surface area contributed by atoms with E-state index in [0.717, 1.165) is 5.92 Å². The molecule has 0 aliphatic heterocycles. The van der Waals surface area contributed by atoms with E-state index >= 15 is 0 Å². The van der Waals surface area contributed by atoms with Crippen LogP contribution in [0.1, 0.15) is 104 Å². The van der Waals surface area contributed by atoms with Crippen LogP contribution in [0.25, 0.3) is 43.1 Å². The van der Waals surface area contributed by atoms with Crippen LogP contribution in [0.5, 0.6) is 0 Å². The second-order valence-corrected chi connectivity index (χ2v) is 14.5. The molecule has 0 nitrogen and oxygen atoms in total. The third kappa shape index (κ3) is 6.01. The van der Waals surface area contributed by atoms with Crippen molar-refractivity contribution in [2.24, 2.45) is 29.1 Å². The highest BCUT2D eigenvalue weighted by atomic mass is 14.5. The number of hydrogen-bond donors (Lipinski definition) is 0. The Bertz CT molecular complexity index is 1790. The van der Waals surface area contributed by atoms with Gasteiger partial charge < -0.3 is 0 Å². The highest BCUT2D eigenvalue weighted by Crippen LogP contribution is 2.53. The zero-order valence-corrected chi connectivity index (χ0v) is 27.9. The predicted octanol–water partition coefficient (Wildman–Crippen LogP) is 13.1. The van der Waals surface area contributed by atoms with E-state index in [1.165, 1.54) is 113 Å². The Hall–Kier alpha value is -3.30. The Morgan fingerprint density at radius 1 is 0.636 bits per heavy atom. The average Bonchev–Trinajstić information content (AvgIpc) is 2.98. The lowest BCUT2D eigenvalue weighted by Gasteiger charge is -2.50. The van der Waals surface area contributed by atoms with Gasteiger partial charge in [0.15, 0.2) is 0 Å². The van der Waals surface area contributed by atoms with Crippen molar-refractivity contribution in [3.8, 4) is 11.8 Å². The second-order valence-electron chi connectivity index (χ2n) is 14.5. The topological polar surface area (TPSA) is 0 Å². The third-order valence-corrected chi connectivity index (χ3v) is 11.2. The zero-order valence-electron chi connectivity index (χ0n) is 27.9. The van der Waals surface area contributed by atoms with Gasteiger partial charge in [0.2, 0.25) is 0 Å². The van der Waals surface area contributed by atoms with E-state index in [4.69, 9.17) is 0 Å². The molecule has 0 spiro atoms. The fourth-order valence-corrected chi connectivity index (χ4v) is 8.51. The van der Waals surface area contributed by atoms with Crippen molar-refractivity contribution in [2.45, 2.75) is 98.8 Å². The molecule has 5 aromatic rings. The lowest BCUT2D eigenvalue weighted by molar-refractivity contribution is 0.0179. The molecule has 0 radical (unpaired) electrons. The van der Waals surface area contributed by atoms with Gasteiger partial charge >= 0.3 is 0 Å². The molecular formula is C44H52. The van der Waals surface area contributed by atoms with Crippen molar-refractivity contribution in [1.29, 1.82) is 0 Å². The minimum absolute atomic E-state index is 0.0325. The first kappa shape index (κ1) is 30.7. The van der Waals surface area contributed by atoms with Crippen molar-refractivity contribution in [2.75, 3.05) is 0 Å². The Morgan fingerprint density at radius 2 is 1.18 bits per heavy atom. The lowest BCUT2D eigenvalue weighted by atomic mass is 9.54. The summed E-state index contributed by atoms with van der Waals surface area (Å²) in [7, 11) is 0. The van der Waals surface area contributed by atoms with E-state index in [9.17, 15) is 0 Å². The molecule has 1 unspecified atom stereocenters. The van der Waals surface area contributed by atoms with E-state index in [1.807, 2.05) is 0 Å². The zero-order chi connectivity index (χ0) is 30.7. The molecule has 0 saturated heterocycles. The number of hydrogen-bond acceptors (Lipinski definition) is 0. The van der Waals surface area contributed by atoms with Gasteiger partial charge in [-0.25, -0.2) is 0 Å². The van der Waals surface area contributed by atoms with Crippen LogP contribution < -0.4 is 0 Å². The summed E-state index contributed by atoms with van der Waals surface area (Å²) in [6.07, 6.45) is 13.8. The van der Waals surface area contributed by atoms with Crippen LogP contribution in [0.3, 0.4) is 0 Å². The number of fused-ring (bicyclic) bond motifs is 4. The number of unbranched alkanes of at least 4 members (excludes halogenated alkanes) is 5. The fraction of sp³-hybridized carbons (Fsp3) is 0.455. The van der Waals surface area contributed by atoms with E-state index in [2.05, 4.69) is 125 Å². The van der Waals surface area contributed by atoms with Gasteiger partial charge in [0.1, 0.15) is 0 Å². The van der Waals surface area contributed by atoms with Gasteiger partial charge in [0.25, 0.3) is 0 Å². The van der Waals surface area contributed by atoms with Crippen molar-refractivity contribution < 1.29 is 0 Å². The van der Waals surface area contributed by atoms with Crippen LogP contribution in [-0.2, 0) is 0 Å². The second kappa shape index (κ2) is 13.4. The van der Waals surface area contributed by atoms with E-state index in [1.54, 1.807) is 0 Å². The molecule has 0 bridgehead atoms. The Balaban J connectivity index is 1.40. The maximum atomic E-state index is 4.10. The summed E-state index contributed by atoms with van der Waals surface area (Å²) in [5, 5.41) is 10.4. The quantitative estimate of drug-likeness (QED) is 0.0828. The average molecular weight is 581 g/mol. The molecule has 1 aliphatic rings. The highest BCUT2D eigenvalue weighted by Gasteiger charge is 2.47. The van der Waals surface area contributed by atoms with Crippen LogP contribution in [-0.4, -0.2) is 0 Å². The molecule has 0 amide bonds. The summed E-state index contributed by atoms with van der Waals surface area (Å²) in [6.45, 7) is 12.1. The van der Waals surface area contributed by atoms with Gasteiger partial charge in [-0.15, -0.1) is 0 Å². The monoisotopic (exact) mass is 580 g/mol. The molecule has 0 aromatic heterocycles. The van der Waals surface area contributed by atoms with Crippen LogP contribution in [0.4, 0.5) is 0 Å². The molecule has 0 heteroatoms. The predicted molar refractivity (Wildman–Crippen MR) is 194 cm³/mol. The molecule has 0 heterocycles. The van der Waals surface area contributed by atoms with Crippen LogP contribution in [0.2, 0.25) is 0 Å². The summed E-state index contributed by atoms with van der Waals surface area (Å²) in [4.78, 5) is 0. The summed E-state index contributed by atoms with van der Waals surface area (Å²) in [5.41, 5.74) is 1.21. The maximum absolute atomic E-state index is 4.10. The molecule has 0 N–H and O–H groups in total. The number of benzene rings is 5. The summed E-state index contributed by atoms with van der Waals surface area (Å²) in [6, 6.07) is 29.6. The largest absolute Gasteiger partial charge is 0.0902 e. The van der Waals surface area contributed by atoms with Crippen LogP contribution in [0, 0.1) is 40.9 Å². The van der Waals surface area contributed by atoms with Crippen molar-refractivity contribution in [1.82, 2.24) is 0 Å². The minimum Gasteiger partial charge on any atom is -0.0902 e. The van der Waals surface area contributed by atoms with E-state index in [0.29, 0.717) is 17.8 Å². The first-order valence-corrected chi connectivity index (χ1v) is 17.7. The van der Waals surface area contributed by atoms with Gasteiger partial charge in [-0.3, -0.25) is 0 Å². The first-order chi connectivity index (χ1) is 21.4. The SMILES string of the molecule is CCCCCCCCC(C1CCC1)C(C#Cc1cccc2cc3cc4cc5ccccc5cc4cc3cc12)(C(C)C)C(C)C. The Morgan fingerprint density at radius 3 is 1.77 bits per heavy atom. The molecule has 1 fully saturated rings. The molecule has 228 valence electrons. The molecule has 1 atom stereocenters. The smallest absolute Gasteiger partial charge is 0.0394 e. The molecule has 1 saturated carbocycles. The van der Waals surface area contributed by atoms with E-state index in [-0.39, 0.29) is 5.41 Å². The summed E-state index contributed by atoms with van der Waals surface area (Å²) in [5.74, 6) is 10.5. The molecule has 6 rings (SSSR count). The standard InChI is InChI=1S/C44H52/c1-6-7-8-9-10-11-22-43(34-19-15-20-34)44(31(2)3,32(4)5)24-23-33-18-14-21-37-27-40-28-38-25-35-16-12-13-17-36(35)26-39(38)29-41(40)30-42(33)37/h12-14,16-18,21,25-32,34,43H,6-11,15,19-20,22H2,1-5H3. The molecule has 44 heavy (non-hydrogen) atoms. The Labute approximate surface area is 266 Å². The number of rotatable bonds is 11. The maximum Gasteiger partial charge on any atom is 0.0394 e. The lowest BCUT2D eigenvalue weighted by Crippen LogP contribution is -2.44. The summed E-state index contributed by atoms with van der Waals surface area (Å²) >= 11 is 0.